The Morgan fingerprint density at radius 3 is 2.57 bits per heavy atom. The van der Waals surface area contributed by atoms with Gasteiger partial charge in [0.2, 0.25) is 10.0 Å². The number of rotatable bonds is 3. The molecular formula is C17H23N3O2S. The van der Waals surface area contributed by atoms with Crippen LogP contribution >= 0.6 is 0 Å². The number of benzene rings is 1. The van der Waals surface area contributed by atoms with Gasteiger partial charge in [-0.1, -0.05) is 6.07 Å². The molecule has 1 aliphatic heterocycles. The van der Waals surface area contributed by atoms with E-state index in [-0.39, 0.29) is 6.04 Å². The van der Waals surface area contributed by atoms with E-state index in [0.717, 1.165) is 22.5 Å². The minimum absolute atomic E-state index is 0.274. The fourth-order valence-electron chi connectivity index (χ4n) is 2.96. The molecule has 23 heavy (non-hydrogen) atoms. The molecule has 5 nitrogen and oxygen atoms in total. The summed E-state index contributed by atoms with van der Waals surface area (Å²) in [5.74, 6) is 0. The van der Waals surface area contributed by atoms with Crippen molar-refractivity contribution in [2.45, 2.75) is 51.6 Å². The largest absolute Gasteiger partial charge is 0.331 e. The third kappa shape index (κ3) is 2.81. The van der Waals surface area contributed by atoms with Gasteiger partial charge in [-0.3, -0.25) is 0 Å². The first-order chi connectivity index (χ1) is 10.8. The fourth-order valence-corrected chi connectivity index (χ4v) is 4.44. The van der Waals surface area contributed by atoms with E-state index < -0.39 is 10.0 Å². The highest BCUT2D eigenvalue weighted by atomic mass is 32.2. The van der Waals surface area contributed by atoms with Gasteiger partial charge in [-0.25, -0.2) is 13.4 Å². The maximum absolute atomic E-state index is 13.0. The average Bonchev–Trinajstić information content (AvgIpc) is 2.93. The predicted octanol–water partition coefficient (Wildman–Crippen LogP) is 2.83. The summed E-state index contributed by atoms with van der Waals surface area (Å²) in [6.45, 7) is 8.97. The van der Waals surface area contributed by atoms with E-state index in [4.69, 9.17) is 0 Å². The summed E-state index contributed by atoms with van der Waals surface area (Å²) in [7, 11) is -3.47. The summed E-state index contributed by atoms with van der Waals surface area (Å²) < 4.78 is 29.6. The second kappa shape index (κ2) is 5.76. The third-order valence-electron chi connectivity index (χ3n) is 4.58. The zero-order chi connectivity index (χ0) is 16.8. The maximum atomic E-state index is 13.0. The van der Waals surface area contributed by atoms with Crippen LogP contribution in [-0.4, -0.2) is 28.8 Å². The van der Waals surface area contributed by atoms with Gasteiger partial charge in [-0.15, -0.1) is 0 Å². The number of aryl methyl sites for hydroxylation is 2. The lowest BCUT2D eigenvalue weighted by atomic mass is 10.1. The lowest BCUT2D eigenvalue weighted by Crippen LogP contribution is -2.37. The first kappa shape index (κ1) is 16.2. The predicted molar refractivity (Wildman–Crippen MR) is 89.8 cm³/mol. The highest BCUT2D eigenvalue weighted by Crippen LogP contribution is 2.27. The monoisotopic (exact) mass is 333 g/mol. The molecule has 0 N–H and O–H groups in total. The molecule has 3 rings (SSSR count). The van der Waals surface area contributed by atoms with Gasteiger partial charge >= 0.3 is 0 Å². The number of fused-ring (bicyclic) bond motifs is 1. The van der Waals surface area contributed by atoms with Crippen LogP contribution in [0.25, 0.3) is 0 Å². The van der Waals surface area contributed by atoms with Crippen molar-refractivity contribution >= 4 is 10.0 Å². The van der Waals surface area contributed by atoms with Crippen LogP contribution in [0, 0.1) is 13.8 Å². The van der Waals surface area contributed by atoms with Crippen molar-refractivity contribution < 1.29 is 8.42 Å². The summed E-state index contributed by atoms with van der Waals surface area (Å²) >= 11 is 0. The van der Waals surface area contributed by atoms with Crippen molar-refractivity contribution in [1.82, 2.24) is 13.9 Å². The molecule has 0 amide bonds. The molecule has 124 valence electrons. The van der Waals surface area contributed by atoms with E-state index in [9.17, 15) is 8.42 Å². The van der Waals surface area contributed by atoms with Gasteiger partial charge in [-0.2, -0.15) is 4.31 Å². The Bertz CT molecular complexity index is 838. The van der Waals surface area contributed by atoms with E-state index in [1.165, 1.54) is 0 Å². The normalized spacial score (nSPS) is 15.9. The van der Waals surface area contributed by atoms with Gasteiger partial charge in [-0.05, 0) is 51.0 Å². The molecule has 0 aliphatic carbocycles. The second-order valence-electron chi connectivity index (χ2n) is 6.47. The molecule has 1 aromatic carbocycles. The number of hydrogen-bond acceptors (Lipinski definition) is 3. The van der Waals surface area contributed by atoms with Crippen LogP contribution in [0.5, 0.6) is 0 Å². The molecule has 1 aromatic heterocycles. The van der Waals surface area contributed by atoms with Crippen LogP contribution in [0.15, 0.2) is 29.4 Å². The van der Waals surface area contributed by atoms with E-state index in [2.05, 4.69) is 23.4 Å². The smallest absolute Gasteiger partial charge is 0.243 e. The molecule has 2 aromatic rings. The van der Waals surface area contributed by atoms with E-state index in [0.29, 0.717) is 24.4 Å². The molecule has 0 fully saturated rings. The summed E-state index contributed by atoms with van der Waals surface area (Å²) in [6, 6.07) is 5.61. The number of aromatic nitrogens is 2. The quantitative estimate of drug-likeness (QED) is 0.868. The molecule has 2 heterocycles. The number of sulfonamides is 1. The first-order valence-corrected chi connectivity index (χ1v) is 9.36. The van der Waals surface area contributed by atoms with Gasteiger partial charge in [0.1, 0.15) is 0 Å². The molecule has 1 aliphatic rings. The first-order valence-electron chi connectivity index (χ1n) is 7.92. The maximum Gasteiger partial charge on any atom is 0.243 e. The Balaban J connectivity index is 1.95. The molecular weight excluding hydrogens is 310 g/mol. The summed E-state index contributed by atoms with van der Waals surface area (Å²) in [6.07, 6.45) is 2.49. The SMILES string of the molecule is Cc1ccc(S(=O)(=O)N2CCc3ncn(C(C)C)c3C2)cc1C. The van der Waals surface area contributed by atoms with Crippen molar-refractivity contribution in [2.75, 3.05) is 6.54 Å². The molecule has 0 spiro atoms. The van der Waals surface area contributed by atoms with Crippen LogP contribution < -0.4 is 0 Å². The van der Waals surface area contributed by atoms with Crippen LogP contribution in [0.3, 0.4) is 0 Å². The van der Waals surface area contributed by atoms with Gasteiger partial charge < -0.3 is 4.57 Å². The number of imidazole rings is 1. The summed E-state index contributed by atoms with van der Waals surface area (Å²) in [5, 5.41) is 0. The standard InChI is InChI=1S/C17H23N3O2S/c1-12(2)20-11-18-16-7-8-19(10-17(16)20)23(21,22)15-6-5-13(3)14(4)9-15/h5-6,9,11-12H,7-8,10H2,1-4H3. The molecule has 0 saturated carbocycles. The highest BCUT2D eigenvalue weighted by molar-refractivity contribution is 7.89. The van der Waals surface area contributed by atoms with Gasteiger partial charge in [0.15, 0.2) is 0 Å². The molecule has 0 unspecified atom stereocenters. The minimum Gasteiger partial charge on any atom is -0.331 e. The molecule has 0 bridgehead atoms. The van der Waals surface area contributed by atoms with Gasteiger partial charge in [0, 0.05) is 19.0 Å². The molecule has 0 radical (unpaired) electrons. The van der Waals surface area contributed by atoms with Crippen molar-refractivity contribution in [2.24, 2.45) is 0 Å². The zero-order valence-corrected chi connectivity index (χ0v) is 14.9. The minimum atomic E-state index is -3.47. The average molecular weight is 333 g/mol. The van der Waals surface area contributed by atoms with Crippen molar-refractivity contribution in [3.8, 4) is 0 Å². The van der Waals surface area contributed by atoms with E-state index in [1.54, 1.807) is 16.4 Å². The van der Waals surface area contributed by atoms with Gasteiger partial charge in [0.25, 0.3) is 0 Å². The Morgan fingerprint density at radius 1 is 1.17 bits per heavy atom. The number of hydrogen-bond donors (Lipinski definition) is 0. The van der Waals surface area contributed by atoms with Crippen molar-refractivity contribution in [1.29, 1.82) is 0 Å². The Kier molecular flexibility index (Phi) is 4.06. The van der Waals surface area contributed by atoms with Crippen molar-refractivity contribution in [3.05, 3.63) is 47.0 Å². The Labute approximate surface area is 138 Å². The van der Waals surface area contributed by atoms with Crippen LogP contribution in [-0.2, 0) is 23.0 Å². The van der Waals surface area contributed by atoms with E-state index in [1.807, 2.05) is 26.2 Å². The second-order valence-corrected chi connectivity index (χ2v) is 8.41. The highest BCUT2D eigenvalue weighted by Gasteiger charge is 2.31. The summed E-state index contributed by atoms with van der Waals surface area (Å²) in [5.41, 5.74) is 4.13. The van der Waals surface area contributed by atoms with E-state index >= 15 is 0 Å². The van der Waals surface area contributed by atoms with Crippen LogP contribution in [0.1, 0.15) is 42.4 Å². The molecule has 6 heteroatoms. The zero-order valence-electron chi connectivity index (χ0n) is 14.1. The lowest BCUT2D eigenvalue weighted by Gasteiger charge is -2.27. The topological polar surface area (TPSA) is 55.2 Å². The Hall–Kier alpha value is -1.66. The molecule has 0 saturated heterocycles. The number of nitrogens with zero attached hydrogens (tertiary/aromatic N) is 3. The van der Waals surface area contributed by atoms with Crippen LogP contribution in [0.4, 0.5) is 0 Å². The fraction of sp³-hybridized carbons (Fsp3) is 0.471. The Morgan fingerprint density at radius 2 is 1.91 bits per heavy atom. The van der Waals surface area contributed by atoms with Gasteiger partial charge in [0.05, 0.1) is 29.2 Å². The third-order valence-corrected chi connectivity index (χ3v) is 6.42. The van der Waals surface area contributed by atoms with Crippen LogP contribution in [0.2, 0.25) is 0 Å². The van der Waals surface area contributed by atoms with Crippen molar-refractivity contribution in [3.63, 3.8) is 0 Å². The summed E-state index contributed by atoms with van der Waals surface area (Å²) in [4.78, 5) is 4.81. The lowest BCUT2D eigenvalue weighted by molar-refractivity contribution is 0.372. The molecule has 0 atom stereocenters.